The van der Waals surface area contributed by atoms with Crippen LogP contribution >= 0.6 is 28.1 Å². The third-order valence-electron chi connectivity index (χ3n) is 5.20. The van der Waals surface area contributed by atoms with Crippen LogP contribution in [-0.2, 0) is 0 Å². The summed E-state index contributed by atoms with van der Waals surface area (Å²) in [6.45, 7) is 8.17. The molecule has 0 bridgehead atoms. The Morgan fingerprint density at radius 1 is 1.13 bits per heavy atom. The highest BCUT2D eigenvalue weighted by atomic mass is 79.9. The van der Waals surface area contributed by atoms with Crippen LogP contribution in [-0.4, -0.2) is 31.2 Å². The van der Waals surface area contributed by atoms with Crippen LogP contribution < -0.4 is 20.3 Å². The maximum Gasteiger partial charge on any atom is 0.261 e. The number of amides is 1. The second-order valence-electron chi connectivity index (χ2n) is 7.07. The molecule has 162 valence electrons. The number of carbonyl (C=O) groups is 1. The van der Waals surface area contributed by atoms with Crippen molar-refractivity contribution in [2.75, 3.05) is 30.4 Å². The van der Waals surface area contributed by atoms with Gasteiger partial charge >= 0.3 is 0 Å². The van der Waals surface area contributed by atoms with Crippen LogP contribution in [0.15, 0.2) is 53.0 Å². The van der Waals surface area contributed by atoms with Crippen LogP contribution in [0.25, 0.3) is 10.8 Å². The molecule has 0 aromatic heterocycles. The summed E-state index contributed by atoms with van der Waals surface area (Å²) < 4.78 is 6.24. The molecule has 0 aliphatic rings. The molecule has 3 aromatic rings. The molecule has 0 radical (unpaired) electrons. The number of halogens is 1. The lowest BCUT2D eigenvalue weighted by molar-refractivity contribution is 0.0975. The van der Waals surface area contributed by atoms with Gasteiger partial charge in [0.15, 0.2) is 5.11 Å². The van der Waals surface area contributed by atoms with Gasteiger partial charge in [-0.05, 0) is 89.5 Å². The van der Waals surface area contributed by atoms with E-state index in [1.165, 1.54) is 0 Å². The zero-order valence-corrected chi connectivity index (χ0v) is 20.5. The zero-order valence-electron chi connectivity index (χ0n) is 18.1. The minimum absolute atomic E-state index is 0.232. The summed E-state index contributed by atoms with van der Waals surface area (Å²) in [6.07, 6.45) is 0. The van der Waals surface area contributed by atoms with Crippen molar-refractivity contribution in [3.63, 3.8) is 0 Å². The maximum atomic E-state index is 13.0. The smallest absolute Gasteiger partial charge is 0.261 e. The number of nitrogens with zero attached hydrogens (tertiary/aromatic N) is 1. The van der Waals surface area contributed by atoms with E-state index in [1.807, 2.05) is 37.3 Å². The molecule has 0 atom stereocenters. The molecule has 1 amide bonds. The van der Waals surface area contributed by atoms with E-state index in [0.717, 1.165) is 45.3 Å². The molecule has 0 aliphatic carbocycles. The van der Waals surface area contributed by atoms with Gasteiger partial charge in [0.2, 0.25) is 0 Å². The first kappa shape index (κ1) is 23.0. The Labute approximate surface area is 196 Å². The molecule has 0 heterocycles. The van der Waals surface area contributed by atoms with Crippen molar-refractivity contribution in [1.29, 1.82) is 0 Å². The summed E-state index contributed by atoms with van der Waals surface area (Å²) in [6, 6.07) is 15.8. The summed E-state index contributed by atoms with van der Waals surface area (Å²) in [5.74, 6) is 0.136. The second kappa shape index (κ2) is 10.1. The van der Waals surface area contributed by atoms with Crippen molar-refractivity contribution < 1.29 is 9.53 Å². The van der Waals surface area contributed by atoms with Crippen LogP contribution in [0.5, 0.6) is 5.75 Å². The highest BCUT2D eigenvalue weighted by molar-refractivity contribution is 9.10. The minimum atomic E-state index is -0.335. The van der Waals surface area contributed by atoms with Crippen molar-refractivity contribution in [3.8, 4) is 5.75 Å². The maximum absolute atomic E-state index is 13.0. The Morgan fingerprint density at radius 2 is 1.84 bits per heavy atom. The number of anilines is 2. The number of hydrogen-bond acceptors (Lipinski definition) is 4. The lowest BCUT2D eigenvalue weighted by atomic mass is 10.1. The minimum Gasteiger partial charge on any atom is -0.495 e. The van der Waals surface area contributed by atoms with Crippen molar-refractivity contribution in [2.24, 2.45) is 0 Å². The fraction of sp³-hybridized carbons (Fsp3) is 0.250. The molecule has 0 fully saturated rings. The first-order valence-corrected chi connectivity index (χ1v) is 11.3. The Balaban J connectivity index is 1.79. The largest absolute Gasteiger partial charge is 0.495 e. The number of benzene rings is 3. The van der Waals surface area contributed by atoms with Gasteiger partial charge in [0.25, 0.3) is 5.91 Å². The van der Waals surface area contributed by atoms with Gasteiger partial charge in [0.05, 0.1) is 17.1 Å². The van der Waals surface area contributed by atoms with Crippen molar-refractivity contribution in [1.82, 2.24) is 5.32 Å². The van der Waals surface area contributed by atoms with E-state index in [-0.39, 0.29) is 11.0 Å². The summed E-state index contributed by atoms with van der Waals surface area (Å²) in [7, 11) is 1.54. The molecular formula is C24H26BrN3O2S. The number of hydrogen-bond donors (Lipinski definition) is 2. The van der Waals surface area contributed by atoms with E-state index in [9.17, 15) is 4.79 Å². The highest BCUT2D eigenvalue weighted by Crippen LogP contribution is 2.36. The third kappa shape index (κ3) is 4.99. The monoisotopic (exact) mass is 499 g/mol. The molecule has 31 heavy (non-hydrogen) atoms. The molecule has 0 unspecified atom stereocenters. The van der Waals surface area contributed by atoms with Crippen molar-refractivity contribution >= 4 is 61.3 Å². The van der Waals surface area contributed by atoms with E-state index in [4.69, 9.17) is 17.0 Å². The molecular weight excluding hydrogens is 474 g/mol. The third-order valence-corrected chi connectivity index (χ3v) is 6.20. The Hall–Kier alpha value is -2.64. The van der Waals surface area contributed by atoms with Crippen LogP contribution in [0.1, 0.15) is 29.8 Å². The summed E-state index contributed by atoms with van der Waals surface area (Å²) >= 11 is 8.97. The van der Waals surface area contributed by atoms with Gasteiger partial charge in [0, 0.05) is 24.5 Å². The summed E-state index contributed by atoms with van der Waals surface area (Å²) in [5.41, 5.74) is 3.47. The molecule has 3 rings (SSSR count). The van der Waals surface area contributed by atoms with Gasteiger partial charge in [-0.15, -0.1) is 0 Å². The Morgan fingerprint density at radius 3 is 2.48 bits per heavy atom. The standard InChI is InChI=1S/C24H26BrN3O2S/c1-5-28(6-2)17-11-12-20(15(3)13-17)26-24(31)27-23(29)19-14-16-9-7-8-10-18(16)21(25)22(19)30-4/h7-14H,5-6H2,1-4H3,(H2,26,27,29,31). The quantitative estimate of drug-likeness (QED) is 0.414. The number of ether oxygens (including phenoxy) is 1. The molecule has 0 spiro atoms. The molecule has 0 aliphatic heterocycles. The first-order chi connectivity index (χ1) is 14.9. The average molecular weight is 500 g/mol. The van der Waals surface area contributed by atoms with Crippen LogP contribution in [0, 0.1) is 6.92 Å². The van der Waals surface area contributed by atoms with Gasteiger partial charge in [-0.3, -0.25) is 10.1 Å². The Kier molecular flexibility index (Phi) is 7.51. The molecule has 7 heteroatoms. The fourth-order valence-corrected chi connectivity index (χ4v) is 4.49. The number of methoxy groups -OCH3 is 1. The predicted molar refractivity (Wildman–Crippen MR) is 137 cm³/mol. The number of nitrogens with one attached hydrogen (secondary N) is 2. The number of rotatable bonds is 6. The summed E-state index contributed by atoms with van der Waals surface area (Å²) in [4.78, 5) is 15.3. The van der Waals surface area contributed by atoms with Gasteiger partial charge in [0.1, 0.15) is 5.75 Å². The zero-order chi connectivity index (χ0) is 22.5. The fourth-order valence-electron chi connectivity index (χ4n) is 3.55. The molecule has 0 saturated carbocycles. The lowest BCUT2D eigenvalue weighted by Gasteiger charge is -2.22. The van der Waals surface area contributed by atoms with Crippen molar-refractivity contribution in [2.45, 2.75) is 20.8 Å². The second-order valence-corrected chi connectivity index (χ2v) is 8.27. The number of aryl methyl sites for hydroxylation is 1. The SMILES string of the molecule is CCN(CC)c1ccc(NC(=S)NC(=O)c2cc3ccccc3c(Br)c2OC)c(C)c1. The molecule has 5 nitrogen and oxygen atoms in total. The lowest BCUT2D eigenvalue weighted by Crippen LogP contribution is -2.34. The number of carbonyl (C=O) groups excluding carboxylic acids is 1. The Bertz CT molecular complexity index is 1130. The van der Waals surface area contributed by atoms with E-state index >= 15 is 0 Å². The van der Waals surface area contributed by atoms with Crippen molar-refractivity contribution in [3.05, 3.63) is 64.1 Å². The highest BCUT2D eigenvalue weighted by Gasteiger charge is 2.19. The van der Waals surface area contributed by atoms with Crippen LogP contribution in [0.2, 0.25) is 0 Å². The predicted octanol–water partition coefficient (Wildman–Crippen LogP) is 5.89. The molecule has 3 aromatic carbocycles. The van der Waals surface area contributed by atoms with Gasteiger partial charge in [-0.1, -0.05) is 24.3 Å². The normalized spacial score (nSPS) is 10.6. The van der Waals surface area contributed by atoms with Gasteiger partial charge in [-0.25, -0.2) is 0 Å². The van der Waals surface area contributed by atoms with Crippen LogP contribution in [0.3, 0.4) is 0 Å². The average Bonchev–Trinajstić information content (AvgIpc) is 2.76. The van der Waals surface area contributed by atoms with E-state index in [2.05, 4.69) is 57.4 Å². The first-order valence-electron chi connectivity index (χ1n) is 10.1. The molecule has 2 N–H and O–H groups in total. The van der Waals surface area contributed by atoms with E-state index in [0.29, 0.717) is 11.3 Å². The number of fused-ring (bicyclic) bond motifs is 1. The number of thiocarbonyl (C=S) groups is 1. The van der Waals surface area contributed by atoms with E-state index < -0.39 is 0 Å². The molecule has 0 saturated heterocycles. The summed E-state index contributed by atoms with van der Waals surface area (Å²) in [5, 5.41) is 8.04. The topological polar surface area (TPSA) is 53.6 Å². The van der Waals surface area contributed by atoms with Gasteiger partial charge in [-0.2, -0.15) is 0 Å². The van der Waals surface area contributed by atoms with Crippen LogP contribution in [0.4, 0.5) is 11.4 Å². The van der Waals surface area contributed by atoms with E-state index in [1.54, 1.807) is 13.2 Å². The van der Waals surface area contributed by atoms with Gasteiger partial charge < -0.3 is 15.0 Å².